The second-order valence-electron chi connectivity index (χ2n) is 5.46. The molecule has 1 heterocycles. The van der Waals surface area contributed by atoms with Gasteiger partial charge in [-0.25, -0.2) is 0 Å². The maximum atomic E-state index is 5.94. The van der Waals surface area contributed by atoms with Gasteiger partial charge in [0.2, 0.25) is 0 Å². The third kappa shape index (κ3) is 5.21. The topological polar surface area (TPSA) is 21.3 Å². The molecule has 2 unspecified atom stereocenters. The number of rotatable bonds is 6. The molecule has 0 amide bonds. The van der Waals surface area contributed by atoms with Crippen molar-refractivity contribution in [1.29, 1.82) is 0 Å². The highest BCUT2D eigenvalue weighted by atomic mass is 35.5. The van der Waals surface area contributed by atoms with Crippen molar-refractivity contribution in [3.8, 4) is 5.75 Å². The van der Waals surface area contributed by atoms with Crippen molar-refractivity contribution in [3.05, 3.63) is 28.2 Å². The number of hydrogen-bond donors (Lipinski definition) is 1. The summed E-state index contributed by atoms with van der Waals surface area (Å²) in [6.07, 6.45) is 3.81. The van der Waals surface area contributed by atoms with Crippen LogP contribution in [0.5, 0.6) is 5.75 Å². The molecule has 0 aromatic heterocycles. The smallest absolute Gasteiger partial charge is 0.122 e. The zero-order valence-electron chi connectivity index (χ0n) is 11.3. The van der Waals surface area contributed by atoms with E-state index < -0.39 is 0 Å². The molecule has 0 saturated carbocycles. The van der Waals surface area contributed by atoms with Gasteiger partial charge >= 0.3 is 0 Å². The normalized spacial score (nSPS) is 20.5. The molecule has 2 nitrogen and oxygen atoms in total. The summed E-state index contributed by atoms with van der Waals surface area (Å²) in [6, 6.07) is 5.33. The fourth-order valence-corrected chi connectivity index (χ4v) is 2.92. The maximum Gasteiger partial charge on any atom is 0.122 e. The first-order valence-corrected chi connectivity index (χ1v) is 7.68. The summed E-state index contributed by atoms with van der Waals surface area (Å²) in [4.78, 5) is 0. The monoisotopic (exact) mass is 301 g/mol. The van der Waals surface area contributed by atoms with Gasteiger partial charge in [-0.05, 0) is 62.4 Å². The summed E-state index contributed by atoms with van der Waals surface area (Å²) >= 11 is 11.9. The van der Waals surface area contributed by atoms with Crippen molar-refractivity contribution in [2.45, 2.75) is 26.2 Å². The highest BCUT2D eigenvalue weighted by molar-refractivity contribution is 6.34. The van der Waals surface area contributed by atoms with Crippen molar-refractivity contribution in [1.82, 2.24) is 5.32 Å². The molecule has 1 N–H and O–H groups in total. The largest absolute Gasteiger partial charge is 0.493 e. The van der Waals surface area contributed by atoms with E-state index in [0.717, 1.165) is 18.3 Å². The third-order valence-electron chi connectivity index (χ3n) is 3.60. The van der Waals surface area contributed by atoms with Crippen molar-refractivity contribution >= 4 is 23.2 Å². The minimum atomic E-state index is 0.554. The third-order valence-corrected chi connectivity index (χ3v) is 4.04. The molecule has 1 aromatic carbocycles. The fourth-order valence-electron chi connectivity index (χ4n) is 2.41. The van der Waals surface area contributed by atoms with Crippen molar-refractivity contribution < 1.29 is 4.74 Å². The summed E-state index contributed by atoms with van der Waals surface area (Å²) in [5.41, 5.74) is 0. The Morgan fingerprint density at radius 3 is 2.68 bits per heavy atom. The summed E-state index contributed by atoms with van der Waals surface area (Å²) in [7, 11) is 0. The van der Waals surface area contributed by atoms with E-state index in [1.165, 1.54) is 32.4 Å². The first kappa shape index (κ1) is 15.0. The maximum absolute atomic E-state index is 5.94. The molecule has 2 atom stereocenters. The van der Waals surface area contributed by atoms with Crippen LogP contribution in [0.4, 0.5) is 0 Å². The number of benzene rings is 1. The van der Waals surface area contributed by atoms with Gasteiger partial charge in [-0.1, -0.05) is 30.1 Å². The van der Waals surface area contributed by atoms with Gasteiger partial charge < -0.3 is 10.1 Å². The Morgan fingerprint density at radius 2 is 2.05 bits per heavy atom. The first-order valence-electron chi connectivity index (χ1n) is 6.93. The number of halogens is 2. The molecule has 4 heteroatoms. The molecule has 0 aliphatic carbocycles. The zero-order chi connectivity index (χ0) is 13.7. The first-order chi connectivity index (χ1) is 9.13. The minimum absolute atomic E-state index is 0.554. The number of hydrogen-bond acceptors (Lipinski definition) is 2. The van der Waals surface area contributed by atoms with Crippen molar-refractivity contribution in [2.75, 3.05) is 19.7 Å². The van der Waals surface area contributed by atoms with Crippen LogP contribution in [0.15, 0.2) is 18.2 Å². The molecule has 1 fully saturated rings. The number of ether oxygens (including phenoxy) is 1. The Balaban J connectivity index is 1.71. The summed E-state index contributed by atoms with van der Waals surface area (Å²) < 4.78 is 5.76. The predicted molar refractivity (Wildman–Crippen MR) is 81.3 cm³/mol. The Morgan fingerprint density at radius 1 is 1.32 bits per heavy atom. The standard InChI is InChI=1S/C15H21Cl2NO/c1-11(2-3-12-4-5-18-9-12)10-19-15-7-13(16)6-14(17)8-15/h6-8,11-12,18H,2-5,9-10H2,1H3. The summed E-state index contributed by atoms with van der Waals surface area (Å²) in [5, 5.41) is 4.64. The molecule has 19 heavy (non-hydrogen) atoms. The van der Waals surface area contributed by atoms with Gasteiger partial charge in [0, 0.05) is 10.0 Å². The average molecular weight is 302 g/mol. The van der Waals surface area contributed by atoms with Crippen LogP contribution < -0.4 is 10.1 Å². The van der Waals surface area contributed by atoms with Crippen LogP contribution in [-0.2, 0) is 0 Å². The van der Waals surface area contributed by atoms with Gasteiger partial charge in [0.25, 0.3) is 0 Å². The SMILES string of the molecule is CC(CCC1CCNC1)COc1cc(Cl)cc(Cl)c1. The highest BCUT2D eigenvalue weighted by Gasteiger charge is 2.15. The van der Waals surface area contributed by atoms with E-state index in [1.807, 2.05) is 0 Å². The molecular formula is C15H21Cl2NO. The second kappa shape index (κ2) is 7.37. The Kier molecular flexibility index (Phi) is 5.80. The molecule has 106 valence electrons. The van der Waals surface area contributed by atoms with Gasteiger partial charge in [-0.15, -0.1) is 0 Å². The van der Waals surface area contributed by atoms with Gasteiger partial charge in [-0.3, -0.25) is 0 Å². The second-order valence-corrected chi connectivity index (χ2v) is 6.33. The van der Waals surface area contributed by atoms with E-state index >= 15 is 0 Å². The summed E-state index contributed by atoms with van der Waals surface area (Å²) in [5.74, 6) is 2.16. The Hall–Kier alpha value is -0.440. The summed E-state index contributed by atoms with van der Waals surface area (Å²) in [6.45, 7) is 5.30. The van der Waals surface area contributed by atoms with E-state index in [-0.39, 0.29) is 0 Å². The Labute approximate surface area is 125 Å². The van der Waals surface area contributed by atoms with E-state index in [1.54, 1.807) is 18.2 Å². The lowest BCUT2D eigenvalue weighted by molar-refractivity contribution is 0.243. The van der Waals surface area contributed by atoms with Gasteiger partial charge in [-0.2, -0.15) is 0 Å². The molecule has 1 aliphatic rings. The van der Waals surface area contributed by atoms with Crippen LogP contribution in [0, 0.1) is 11.8 Å². The molecule has 0 spiro atoms. The molecule has 1 aliphatic heterocycles. The van der Waals surface area contributed by atoms with Gasteiger partial charge in [0.1, 0.15) is 5.75 Å². The zero-order valence-corrected chi connectivity index (χ0v) is 12.8. The molecule has 0 bridgehead atoms. The van der Waals surface area contributed by atoms with E-state index in [0.29, 0.717) is 16.0 Å². The van der Waals surface area contributed by atoms with E-state index in [2.05, 4.69) is 12.2 Å². The lowest BCUT2D eigenvalue weighted by Crippen LogP contribution is -2.13. The van der Waals surface area contributed by atoms with Crippen molar-refractivity contribution in [3.63, 3.8) is 0 Å². The molecule has 0 radical (unpaired) electrons. The van der Waals surface area contributed by atoms with Gasteiger partial charge in [0.05, 0.1) is 6.61 Å². The Bertz CT molecular complexity index is 385. The number of nitrogens with one attached hydrogen (secondary N) is 1. The predicted octanol–water partition coefficient (Wildman–Crippen LogP) is 4.40. The van der Waals surface area contributed by atoms with Crippen molar-refractivity contribution in [2.24, 2.45) is 11.8 Å². The van der Waals surface area contributed by atoms with Crippen LogP contribution in [0.1, 0.15) is 26.2 Å². The molecule has 2 rings (SSSR count). The quantitative estimate of drug-likeness (QED) is 0.841. The molecule has 1 aromatic rings. The van der Waals surface area contributed by atoms with E-state index in [4.69, 9.17) is 27.9 Å². The molecular weight excluding hydrogens is 281 g/mol. The fraction of sp³-hybridized carbons (Fsp3) is 0.600. The highest BCUT2D eigenvalue weighted by Crippen LogP contribution is 2.25. The lowest BCUT2D eigenvalue weighted by Gasteiger charge is -2.15. The molecule has 1 saturated heterocycles. The van der Waals surface area contributed by atoms with Crippen LogP contribution in [0.2, 0.25) is 10.0 Å². The van der Waals surface area contributed by atoms with Gasteiger partial charge in [0.15, 0.2) is 0 Å². The minimum Gasteiger partial charge on any atom is -0.493 e. The van der Waals surface area contributed by atoms with Crippen LogP contribution in [-0.4, -0.2) is 19.7 Å². The lowest BCUT2D eigenvalue weighted by atomic mass is 9.97. The van der Waals surface area contributed by atoms with Crippen LogP contribution in [0.3, 0.4) is 0 Å². The van der Waals surface area contributed by atoms with E-state index in [9.17, 15) is 0 Å². The average Bonchev–Trinajstić information content (AvgIpc) is 2.86. The van der Waals surface area contributed by atoms with Crippen LogP contribution in [0.25, 0.3) is 0 Å². The van der Waals surface area contributed by atoms with Crippen LogP contribution >= 0.6 is 23.2 Å².